The molecule has 3 heterocycles. The average Bonchev–Trinajstić information content (AvgIpc) is 3.48. The maximum absolute atomic E-state index is 13.9. The van der Waals surface area contributed by atoms with Crippen LogP contribution in [-0.4, -0.2) is 41.2 Å². The molecule has 1 fully saturated rings. The molecular weight excluding hydrogens is 598 g/mol. The minimum atomic E-state index is -0.729. The van der Waals surface area contributed by atoms with Crippen LogP contribution < -0.4 is 24.6 Å². The fourth-order valence-corrected chi connectivity index (χ4v) is 7.83. The van der Waals surface area contributed by atoms with E-state index in [1.807, 2.05) is 13.0 Å². The Bertz CT molecular complexity index is 1720. The quantitative estimate of drug-likeness (QED) is 0.256. The fraction of sp³-hybridized carbons (Fsp3) is 0.200. The Balaban J connectivity index is 1.31. The Morgan fingerprint density at radius 1 is 0.976 bits per heavy atom. The number of nitrogens with zero attached hydrogens (tertiary/aromatic N) is 1. The molecule has 2 aliphatic rings. The number of rotatable bonds is 8. The Hall–Kier alpha value is -4.06. The first-order chi connectivity index (χ1) is 20.3. The average molecular weight is 622 g/mol. The lowest BCUT2D eigenvalue weighted by molar-refractivity contribution is -0.122. The standard InChI is InChI=1S/C30H24ClN3O6S2/c1-2-39-21-14-16(8-13-20(21)40-15-22(35)32-18-11-9-17(31)10-12-18)23-24-26(41-27-25(23)42-30(38)33-27)29(37)34(28(24)36)19-6-4-3-5-7-19/h3-14,23-24,26H,2,15H2,1H3,(H,32,35)(H,33,38)/t23-,24?,26?/m1/s1. The van der Waals surface area contributed by atoms with Crippen molar-refractivity contribution < 1.29 is 23.9 Å². The zero-order chi connectivity index (χ0) is 29.4. The third kappa shape index (κ3) is 5.31. The van der Waals surface area contributed by atoms with E-state index in [2.05, 4.69) is 10.3 Å². The number of hydrogen-bond donors (Lipinski definition) is 2. The van der Waals surface area contributed by atoms with E-state index < -0.39 is 17.1 Å². The van der Waals surface area contributed by atoms with Gasteiger partial charge in [-0.1, -0.05) is 59.0 Å². The van der Waals surface area contributed by atoms with E-state index >= 15 is 0 Å². The van der Waals surface area contributed by atoms with Gasteiger partial charge in [0.05, 0.1) is 23.2 Å². The summed E-state index contributed by atoms with van der Waals surface area (Å²) in [7, 11) is 0. The van der Waals surface area contributed by atoms with Gasteiger partial charge in [-0.15, -0.1) is 0 Å². The Morgan fingerprint density at radius 3 is 2.48 bits per heavy atom. The summed E-state index contributed by atoms with van der Waals surface area (Å²) in [6, 6.07) is 20.8. The van der Waals surface area contributed by atoms with Crippen molar-refractivity contribution >= 4 is 63.8 Å². The van der Waals surface area contributed by atoms with Crippen LogP contribution in [0.5, 0.6) is 11.5 Å². The molecule has 1 saturated heterocycles. The van der Waals surface area contributed by atoms with Crippen LogP contribution in [0.3, 0.4) is 0 Å². The van der Waals surface area contributed by atoms with E-state index in [4.69, 9.17) is 21.1 Å². The highest BCUT2D eigenvalue weighted by atomic mass is 35.5. The van der Waals surface area contributed by atoms with E-state index in [0.29, 0.717) is 50.0 Å². The number of para-hydroxylation sites is 1. The molecule has 12 heteroatoms. The monoisotopic (exact) mass is 621 g/mol. The number of hydrogen-bond acceptors (Lipinski definition) is 8. The summed E-state index contributed by atoms with van der Waals surface area (Å²) in [4.78, 5) is 56.9. The summed E-state index contributed by atoms with van der Waals surface area (Å²) in [5, 5.41) is 3.19. The van der Waals surface area contributed by atoms with Crippen LogP contribution in [-0.2, 0) is 14.4 Å². The maximum Gasteiger partial charge on any atom is 0.305 e. The predicted octanol–water partition coefficient (Wildman–Crippen LogP) is 5.30. The van der Waals surface area contributed by atoms with Crippen LogP contribution in [0.2, 0.25) is 5.02 Å². The topological polar surface area (TPSA) is 118 Å². The number of carbonyl (C=O) groups is 3. The number of anilines is 2. The number of halogens is 1. The molecule has 3 amide bonds. The molecule has 0 spiro atoms. The number of benzene rings is 3. The normalized spacial score (nSPS) is 19.3. The first-order valence-electron chi connectivity index (χ1n) is 13.1. The van der Waals surface area contributed by atoms with Gasteiger partial charge < -0.3 is 19.8 Å². The van der Waals surface area contributed by atoms with Gasteiger partial charge in [-0.2, -0.15) is 0 Å². The van der Waals surface area contributed by atoms with Crippen molar-refractivity contribution in [2.45, 2.75) is 23.1 Å². The molecular formula is C30H24ClN3O6S2. The Kier molecular flexibility index (Phi) is 7.80. The number of H-pyrrole nitrogens is 1. The molecule has 214 valence electrons. The van der Waals surface area contributed by atoms with E-state index in [0.717, 1.165) is 11.3 Å². The van der Waals surface area contributed by atoms with Crippen molar-refractivity contribution in [1.29, 1.82) is 0 Å². The number of fused-ring (bicyclic) bond motifs is 2. The molecule has 2 aliphatic heterocycles. The molecule has 3 atom stereocenters. The minimum absolute atomic E-state index is 0.256. The van der Waals surface area contributed by atoms with Crippen molar-refractivity contribution in [3.8, 4) is 11.5 Å². The largest absolute Gasteiger partial charge is 0.490 e. The van der Waals surface area contributed by atoms with Gasteiger partial charge in [0.1, 0.15) is 5.25 Å². The number of ether oxygens (including phenoxy) is 2. The second kappa shape index (κ2) is 11.7. The summed E-state index contributed by atoms with van der Waals surface area (Å²) >= 11 is 8.16. The Morgan fingerprint density at radius 2 is 1.74 bits per heavy atom. The number of amides is 3. The molecule has 0 aliphatic carbocycles. The highest BCUT2D eigenvalue weighted by Crippen LogP contribution is 2.53. The molecule has 6 rings (SSSR count). The summed E-state index contributed by atoms with van der Waals surface area (Å²) < 4.78 is 11.7. The lowest BCUT2D eigenvalue weighted by Crippen LogP contribution is -2.32. The van der Waals surface area contributed by atoms with Gasteiger partial charge in [0.25, 0.3) is 5.91 Å². The number of aromatic nitrogens is 1. The first kappa shape index (κ1) is 28.1. The van der Waals surface area contributed by atoms with Gasteiger partial charge in [-0.25, -0.2) is 4.90 Å². The Labute approximate surface area is 253 Å². The maximum atomic E-state index is 13.9. The number of nitrogens with one attached hydrogen (secondary N) is 2. The minimum Gasteiger partial charge on any atom is -0.490 e. The van der Waals surface area contributed by atoms with Crippen LogP contribution in [0.25, 0.3) is 0 Å². The summed E-state index contributed by atoms with van der Waals surface area (Å²) in [6.45, 7) is 1.88. The van der Waals surface area contributed by atoms with Crippen LogP contribution >= 0.6 is 34.7 Å². The summed E-state index contributed by atoms with van der Waals surface area (Å²) in [5.41, 5.74) is 1.78. The van der Waals surface area contributed by atoms with Crippen molar-refractivity contribution in [3.63, 3.8) is 0 Å². The molecule has 4 aromatic rings. The molecule has 2 N–H and O–H groups in total. The van der Waals surface area contributed by atoms with Gasteiger partial charge in [-0.3, -0.25) is 19.2 Å². The van der Waals surface area contributed by atoms with E-state index in [1.165, 1.54) is 16.7 Å². The lowest BCUT2D eigenvalue weighted by Gasteiger charge is -2.30. The van der Waals surface area contributed by atoms with Gasteiger partial charge in [0.2, 0.25) is 11.8 Å². The molecule has 0 radical (unpaired) electrons. The van der Waals surface area contributed by atoms with Crippen molar-refractivity contribution in [3.05, 3.63) is 97.9 Å². The molecule has 3 aromatic carbocycles. The first-order valence-corrected chi connectivity index (χ1v) is 15.2. The second-order valence-electron chi connectivity index (χ2n) is 9.58. The smallest absolute Gasteiger partial charge is 0.305 e. The molecule has 42 heavy (non-hydrogen) atoms. The van der Waals surface area contributed by atoms with Crippen molar-refractivity contribution in [1.82, 2.24) is 4.98 Å². The number of thiazole rings is 1. The molecule has 0 bridgehead atoms. The molecule has 9 nitrogen and oxygen atoms in total. The number of imide groups is 1. The predicted molar refractivity (Wildman–Crippen MR) is 162 cm³/mol. The van der Waals surface area contributed by atoms with Crippen LogP contribution in [0.15, 0.2) is 82.6 Å². The summed E-state index contributed by atoms with van der Waals surface area (Å²) in [6.07, 6.45) is 0. The SMILES string of the molecule is CCOc1cc([C@H]2c3sc(=O)[nH]c3SC3C(=O)N(c4ccccc4)C(=O)C32)ccc1OCC(=O)Nc1ccc(Cl)cc1. The lowest BCUT2D eigenvalue weighted by atomic mass is 9.83. The zero-order valence-electron chi connectivity index (χ0n) is 22.2. The van der Waals surface area contributed by atoms with Crippen molar-refractivity contribution in [2.75, 3.05) is 23.4 Å². The van der Waals surface area contributed by atoms with E-state index in [-0.39, 0.29) is 29.2 Å². The number of aromatic amines is 1. The third-order valence-corrected chi connectivity index (χ3v) is 9.60. The highest BCUT2D eigenvalue weighted by molar-refractivity contribution is 8.00. The van der Waals surface area contributed by atoms with Gasteiger partial charge in [0, 0.05) is 21.5 Å². The highest BCUT2D eigenvalue weighted by Gasteiger charge is 2.56. The van der Waals surface area contributed by atoms with E-state index in [1.54, 1.807) is 66.7 Å². The van der Waals surface area contributed by atoms with E-state index in [9.17, 15) is 19.2 Å². The van der Waals surface area contributed by atoms with Crippen molar-refractivity contribution in [2.24, 2.45) is 5.92 Å². The second-order valence-corrected chi connectivity index (χ2v) is 12.2. The van der Waals surface area contributed by atoms with Crippen LogP contribution in [0, 0.1) is 5.92 Å². The van der Waals surface area contributed by atoms with Crippen LogP contribution in [0.4, 0.5) is 11.4 Å². The zero-order valence-corrected chi connectivity index (χ0v) is 24.6. The third-order valence-electron chi connectivity index (χ3n) is 6.95. The number of thioether (sulfide) groups is 1. The van der Waals surface area contributed by atoms with Crippen LogP contribution in [0.1, 0.15) is 23.3 Å². The fourth-order valence-electron chi connectivity index (χ4n) is 5.19. The number of carbonyl (C=O) groups excluding carboxylic acids is 3. The molecule has 2 unspecified atom stereocenters. The van der Waals surface area contributed by atoms with Gasteiger partial charge in [-0.05, 0) is 61.0 Å². The molecule has 0 saturated carbocycles. The van der Waals surface area contributed by atoms with Gasteiger partial charge >= 0.3 is 4.87 Å². The summed E-state index contributed by atoms with van der Waals surface area (Å²) in [5.74, 6) is -1.58. The van der Waals surface area contributed by atoms with Gasteiger partial charge in [0.15, 0.2) is 18.1 Å². The molecule has 1 aromatic heterocycles.